The number of anilines is 1. The summed E-state index contributed by atoms with van der Waals surface area (Å²) in [5, 5.41) is 13.0. The van der Waals surface area contributed by atoms with E-state index in [1.807, 2.05) is 16.3 Å². The number of sulfone groups is 1. The average molecular weight is 409 g/mol. The highest BCUT2D eigenvalue weighted by Crippen LogP contribution is 2.29. The second-order valence-corrected chi connectivity index (χ2v) is 9.22. The molecule has 0 bridgehead atoms. The third-order valence-electron chi connectivity index (χ3n) is 4.42. The Morgan fingerprint density at radius 3 is 2.59 bits per heavy atom. The smallest absolute Gasteiger partial charge is 0.288 e. The Kier molecular flexibility index (Phi) is 5.47. The van der Waals surface area contributed by atoms with Gasteiger partial charge < -0.3 is 9.80 Å². The molecule has 3 rings (SSSR count). The normalized spacial score (nSPS) is 15.4. The van der Waals surface area contributed by atoms with E-state index in [0.29, 0.717) is 36.7 Å². The maximum absolute atomic E-state index is 12.5. The number of rotatable bonds is 4. The van der Waals surface area contributed by atoms with Gasteiger partial charge in [0, 0.05) is 44.2 Å². The van der Waals surface area contributed by atoms with E-state index in [0.717, 1.165) is 12.7 Å². The number of carbonyl (C=O) groups is 1. The Labute approximate surface area is 161 Å². The third-order valence-corrected chi connectivity index (χ3v) is 6.40. The molecule has 27 heavy (non-hydrogen) atoms. The Balaban J connectivity index is 1.81. The molecule has 0 N–H and O–H groups in total. The quantitative estimate of drug-likeness (QED) is 0.568. The molecule has 1 fully saturated rings. The number of hydrogen-bond donors (Lipinski definition) is 0. The molecule has 1 aliphatic heterocycles. The number of carbonyl (C=O) groups excluding carboxylic acids is 1. The van der Waals surface area contributed by atoms with Crippen LogP contribution in [0.5, 0.6) is 0 Å². The molecular formula is C17H19N3O5S2. The minimum absolute atomic E-state index is 0.00706. The van der Waals surface area contributed by atoms with Crippen LogP contribution >= 0.6 is 11.3 Å². The third kappa shape index (κ3) is 4.28. The van der Waals surface area contributed by atoms with Crippen molar-refractivity contribution >= 4 is 38.5 Å². The van der Waals surface area contributed by atoms with Crippen LogP contribution in [0.1, 0.15) is 16.1 Å². The molecule has 10 heteroatoms. The van der Waals surface area contributed by atoms with Crippen molar-refractivity contribution < 1.29 is 18.1 Å². The largest absolute Gasteiger partial charge is 0.370 e. The lowest BCUT2D eigenvalue weighted by Gasteiger charge is -2.24. The zero-order valence-corrected chi connectivity index (χ0v) is 16.3. The number of nitro groups is 1. The molecule has 0 saturated carbocycles. The minimum atomic E-state index is -3.73. The molecule has 1 aromatic carbocycles. The summed E-state index contributed by atoms with van der Waals surface area (Å²) in [6.07, 6.45) is 1.69. The van der Waals surface area contributed by atoms with Crippen LogP contribution < -0.4 is 4.90 Å². The number of amides is 1. The first-order valence-electron chi connectivity index (χ1n) is 8.33. The van der Waals surface area contributed by atoms with Gasteiger partial charge in [0.05, 0.1) is 9.80 Å². The van der Waals surface area contributed by atoms with E-state index in [1.165, 1.54) is 23.5 Å². The summed E-state index contributed by atoms with van der Waals surface area (Å²) in [7, 11) is -3.73. The summed E-state index contributed by atoms with van der Waals surface area (Å²) in [4.78, 5) is 27.1. The van der Waals surface area contributed by atoms with Gasteiger partial charge in [-0.05, 0) is 30.0 Å². The van der Waals surface area contributed by atoms with Gasteiger partial charge in [0.15, 0.2) is 9.84 Å². The Morgan fingerprint density at radius 2 is 1.96 bits per heavy atom. The van der Waals surface area contributed by atoms with Crippen molar-refractivity contribution in [2.45, 2.75) is 11.3 Å². The summed E-state index contributed by atoms with van der Waals surface area (Å²) in [5.41, 5.74) is 0.178. The van der Waals surface area contributed by atoms with Gasteiger partial charge in [-0.1, -0.05) is 6.07 Å². The van der Waals surface area contributed by atoms with Gasteiger partial charge in [-0.3, -0.25) is 14.9 Å². The summed E-state index contributed by atoms with van der Waals surface area (Å²) in [5.74, 6) is -0.00706. The van der Waals surface area contributed by atoms with Crippen LogP contribution in [-0.4, -0.2) is 56.6 Å². The zero-order valence-electron chi connectivity index (χ0n) is 14.7. The van der Waals surface area contributed by atoms with Crippen molar-refractivity contribution in [2.75, 3.05) is 37.3 Å². The van der Waals surface area contributed by atoms with Crippen LogP contribution in [-0.2, 0) is 9.84 Å². The SMILES string of the molecule is CS(=O)(=O)c1cc(N2CCCN(C(=O)c3cccs3)CC2)ccc1[N+](=O)[O-]. The fourth-order valence-electron chi connectivity index (χ4n) is 3.08. The number of thiophene rings is 1. The van der Waals surface area contributed by atoms with Crippen molar-refractivity contribution in [3.8, 4) is 0 Å². The summed E-state index contributed by atoms with van der Waals surface area (Å²) in [6.45, 7) is 2.27. The van der Waals surface area contributed by atoms with Gasteiger partial charge in [0.1, 0.15) is 4.90 Å². The number of benzene rings is 1. The second kappa shape index (κ2) is 7.65. The van der Waals surface area contributed by atoms with Crippen molar-refractivity contribution in [1.29, 1.82) is 0 Å². The molecule has 0 unspecified atom stereocenters. The van der Waals surface area contributed by atoms with Crippen molar-refractivity contribution in [2.24, 2.45) is 0 Å². The Morgan fingerprint density at radius 1 is 1.19 bits per heavy atom. The molecule has 2 heterocycles. The zero-order chi connectivity index (χ0) is 19.6. The van der Waals surface area contributed by atoms with Gasteiger partial charge in [-0.15, -0.1) is 11.3 Å². The second-order valence-electron chi connectivity index (χ2n) is 6.29. The van der Waals surface area contributed by atoms with Crippen LogP contribution in [0, 0.1) is 10.1 Å². The topological polar surface area (TPSA) is 101 Å². The molecule has 144 valence electrons. The summed E-state index contributed by atoms with van der Waals surface area (Å²) in [6, 6.07) is 7.77. The molecule has 1 aromatic heterocycles. The first kappa shape index (κ1) is 19.3. The number of nitro benzene ring substituents is 1. The highest BCUT2D eigenvalue weighted by Gasteiger charge is 2.25. The van der Waals surface area contributed by atoms with E-state index in [4.69, 9.17) is 0 Å². The Bertz CT molecular complexity index is 957. The first-order valence-corrected chi connectivity index (χ1v) is 11.1. The molecular weight excluding hydrogens is 390 g/mol. The van der Waals surface area contributed by atoms with Crippen molar-refractivity contribution in [3.63, 3.8) is 0 Å². The van der Waals surface area contributed by atoms with Crippen LogP contribution in [0.25, 0.3) is 0 Å². The predicted octanol–water partition coefficient (Wildman–Crippen LogP) is 2.41. The monoisotopic (exact) mass is 409 g/mol. The van der Waals surface area contributed by atoms with E-state index in [2.05, 4.69) is 0 Å². The number of nitrogens with zero attached hydrogens (tertiary/aromatic N) is 3. The molecule has 1 saturated heterocycles. The van der Waals surface area contributed by atoms with Crippen molar-refractivity contribution in [3.05, 3.63) is 50.7 Å². The minimum Gasteiger partial charge on any atom is -0.370 e. The van der Waals surface area contributed by atoms with E-state index in [9.17, 15) is 23.3 Å². The number of hydrogen-bond acceptors (Lipinski definition) is 7. The lowest BCUT2D eigenvalue weighted by Crippen LogP contribution is -2.34. The van der Waals surface area contributed by atoms with Crippen LogP contribution in [0.3, 0.4) is 0 Å². The van der Waals surface area contributed by atoms with E-state index >= 15 is 0 Å². The summed E-state index contributed by atoms with van der Waals surface area (Å²) >= 11 is 1.40. The van der Waals surface area contributed by atoms with Gasteiger partial charge in [0.25, 0.3) is 11.6 Å². The standard InChI is InChI=1S/C17H19N3O5S2/c1-27(24,25)16-12-13(5-6-14(16)20(22)23)18-7-3-8-19(10-9-18)17(21)15-4-2-11-26-15/h2,4-6,11-12H,3,7-10H2,1H3. The lowest BCUT2D eigenvalue weighted by molar-refractivity contribution is -0.387. The van der Waals surface area contributed by atoms with Crippen molar-refractivity contribution in [1.82, 2.24) is 4.90 Å². The highest BCUT2D eigenvalue weighted by atomic mass is 32.2. The molecule has 0 radical (unpaired) electrons. The van der Waals surface area contributed by atoms with E-state index < -0.39 is 20.4 Å². The molecule has 0 spiro atoms. The average Bonchev–Trinajstić information content (AvgIpc) is 3.04. The molecule has 0 atom stereocenters. The molecule has 0 aliphatic carbocycles. The van der Waals surface area contributed by atoms with E-state index in [-0.39, 0.29) is 10.8 Å². The van der Waals surface area contributed by atoms with Gasteiger partial charge >= 0.3 is 0 Å². The van der Waals surface area contributed by atoms with Gasteiger partial charge in [0.2, 0.25) is 0 Å². The molecule has 1 amide bonds. The fourth-order valence-corrected chi connectivity index (χ4v) is 4.63. The lowest BCUT2D eigenvalue weighted by atomic mass is 10.2. The molecule has 1 aliphatic rings. The first-order chi connectivity index (χ1) is 12.8. The highest BCUT2D eigenvalue weighted by molar-refractivity contribution is 7.90. The maximum Gasteiger partial charge on any atom is 0.288 e. The molecule has 8 nitrogen and oxygen atoms in total. The van der Waals surface area contributed by atoms with Crippen LogP contribution in [0.2, 0.25) is 0 Å². The van der Waals surface area contributed by atoms with Gasteiger partial charge in [-0.2, -0.15) is 0 Å². The summed E-state index contributed by atoms with van der Waals surface area (Å²) < 4.78 is 23.9. The predicted molar refractivity (Wildman–Crippen MR) is 103 cm³/mol. The Hall–Kier alpha value is -2.46. The van der Waals surface area contributed by atoms with Gasteiger partial charge in [-0.25, -0.2) is 8.42 Å². The fraction of sp³-hybridized carbons (Fsp3) is 0.353. The molecule has 2 aromatic rings. The maximum atomic E-state index is 12.5. The van der Waals surface area contributed by atoms with Crippen LogP contribution in [0.15, 0.2) is 40.6 Å². The van der Waals surface area contributed by atoms with E-state index in [1.54, 1.807) is 17.0 Å². The van der Waals surface area contributed by atoms with Crippen LogP contribution in [0.4, 0.5) is 11.4 Å².